The van der Waals surface area contributed by atoms with Gasteiger partial charge in [0.15, 0.2) is 4.80 Å². The maximum atomic E-state index is 14.2. The summed E-state index contributed by atoms with van der Waals surface area (Å²) in [6.07, 6.45) is 0. The lowest BCUT2D eigenvalue weighted by Gasteiger charge is -2.24. The highest BCUT2D eigenvalue weighted by molar-refractivity contribution is 9.10. The van der Waals surface area contributed by atoms with Crippen LogP contribution in [0.4, 0.5) is 5.69 Å². The summed E-state index contributed by atoms with van der Waals surface area (Å²) in [4.78, 5) is 48.6. The number of fused-ring (bicyclic) bond motifs is 2. The molecule has 0 bridgehead atoms. The molecule has 1 amide bonds. The first-order valence-corrected chi connectivity index (χ1v) is 14.3. The molecule has 2 aromatic heterocycles. The van der Waals surface area contributed by atoms with Gasteiger partial charge in [0.25, 0.3) is 11.5 Å². The molecule has 2 aliphatic heterocycles. The molecule has 7 nitrogen and oxygen atoms in total. The van der Waals surface area contributed by atoms with Gasteiger partial charge in [-0.05, 0) is 36.6 Å². The zero-order chi connectivity index (χ0) is 26.6. The van der Waals surface area contributed by atoms with Gasteiger partial charge in [0.1, 0.15) is 10.6 Å². The highest BCUT2D eigenvalue weighted by Crippen LogP contribution is 2.38. The molecule has 0 unspecified atom stereocenters. The number of thiophene rings is 1. The van der Waals surface area contributed by atoms with Crippen molar-refractivity contribution in [2.75, 3.05) is 18.6 Å². The smallest absolute Gasteiger partial charge is 0.338 e. The van der Waals surface area contributed by atoms with E-state index >= 15 is 0 Å². The molecule has 4 heterocycles. The molecule has 0 aliphatic carbocycles. The average molecular weight is 607 g/mol. The molecule has 4 aromatic rings. The van der Waals surface area contributed by atoms with E-state index in [0.29, 0.717) is 27.2 Å². The molecule has 1 atom stereocenters. The lowest BCUT2D eigenvalue weighted by molar-refractivity contribution is -0.138. The molecule has 0 N–H and O–H groups in total. The summed E-state index contributed by atoms with van der Waals surface area (Å²) < 4.78 is 8.10. The number of nitrogens with zero attached hydrogens (tertiary/aromatic N) is 3. The molecule has 2 aromatic carbocycles. The number of halogens is 1. The van der Waals surface area contributed by atoms with Crippen LogP contribution in [0.3, 0.4) is 0 Å². The number of anilines is 1. The highest BCUT2D eigenvalue weighted by atomic mass is 79.9. The Morgan fingerprint density at radius 1 is 1.11 bits per heavy atom. The van der Waals surface area contributed by atoms with Crippen molar-refractivity contribution in [1.82, 2.24) is 4.57 Å². The van der Waals surface area contributed by atoms with Crippen LogP contribution in [-0.2, 0) is 14.3 Å². The van der Waals surface area contributed by atoms with E-state index in [1.807, 2.05) is 66.0 Å². The molecule has 10 heteroatoms. The minimum absolute atomic E-state index is 0.183. The Morgan fingerprint density at radius 2 is 1.89 bits per heavy atom. The Morgan fingerprint density at radius 3 is 2.61 bits per heavy atom. The number of thiazole rings is 1. The lowest BCUT2D eigenvalue weighted by atomic mass is 9.97. The van der Waals surface area contributed by atoms with E-state index in [1.54, 1.807) is 18.9 Å². The molecule has 2 aliphatic rings. The minimum Gasteiger partial charge on any atom is -0.463 e. The largest absolute Gasteiger partial charge is 0.463 e. The van der Waals surface area contributed by atoms with Gasteiger partial charge in [-0.25, -0.2) is 9.79 Å². The zero-order valence-electron chi connectivity index (χ0n) is 20.3. The number of hydrogen-bond donors (Lipinski definition) is 0. The van der Waals surface area contributed by atoms with Crippen molar-refractivity contribution in [2.45, 2.75) is 13.0 Å². The second kappa shape index (κ2) is 9.61. The van der Waals surface area contributed by atoms with Crippen molar-refractivity contribution in [3.8, 4) is 0 Å². The number of rotatable bonds is 4. The molecule has 38 heavy (non-hydrogen) atoms. The number of amides is 1. The van der Waals surface area contributed by atoms with E-state index in [0.717, 1.165) is 31.9 Å². The van der Waals surface area contributed by atoms with Crippen LogP contribution in [0.15, 0.2) is 85.9 Å². The third-order valence-corrected chi connectivity index (χ3v) is 8.97. The summed E-state index contributed by atoms with van der Waals surface area (Å²) in [5, 5.41) is 1.90. The van der Waals surface area contributed by atoms with Gasteiger partial charge in [-0.2, -0.15) is 0 Å². The van der Waals surface area contributed by atoms with Crippen molar-refractivity contribution < 1.29 is 14.3 Å². The van der Waals surface area contributed by atoms with Gasteiger partial charge in [-0.1, -0.05) is 63.7 Å². The number of likely N-dealkylation sites (N-methyl/N-ethyl adjacent to an activating group) is 1. The first kappa shape index (κ1) is 24.7. The van der Waals surface area contributed by atoms with Crippen molar-refractivity contribution in [3.63, 3.8) is 0 Å². The predicted molar refractivity (Wildman–Crippen MR) is 152 cm³/mol. The van der Waals surface area contributed by atoms with Crippen molar-refractivity contribution in [3.05, 3.63) is 112 Å². The number of esters is 1. The van der Waals surface area contributed by atoms with E-state index in [9.17, 15) is 14.4 Å². The van der Waals surface area contributed by atoms with E-state index < -0.39 is 12.0 Å². The van der Waals surface area contributed by atoms with E-state index in [4.69, 9.17) is 9.73 Å². The van der Waals surface area contributed by atoms with Crippen molar-refractivity contribution >= 4 is 67.4 Å². The van der Waals surface area contributed by atoms with Gasteiger partial charge in [0.05, 0.1) is 29.1 Å². The molecule has 0 spiro atoms. The SMILES string of the molecule is CCOC(=O)C1=C(c2ccccc2)N=c2s/c(=C3\C(=O)N(C)c4ccc(Br)cc43)c(=O)n2[C@@H]1c1cccs1. The summed E-state index contributed by atoms with van der Waals surface area (Å²) in [5.74, 6) is -0.790. The molecule has 6 rings (SSSR count). The predicted octanol–water partition coefficient (Wildman–Crippen LogP) is 4.11. The number of carbonyl (C=O) groups excluding carboxylic acids is 2. The number of carbonyl (C=O) groups is 2. The van der Waals surface area contributed by atoms with Gasteiger partial charge in [0, 0.05) is 27.5 Å². The van der Waals surface area contributed by atoms with Gasteiger partial charge >= 0.3 is 5.97 Å². The van der Waals surface area contributed by atoms with Gasteiger partial charge in [-0.15, -0.1) is 11.3 Å². The fourth-order valence-electron chi connectivity index (χ4n) is 4.82. The van der Waals surface area contributed by atoms with Gasteiger partial charge < -0.3 is 9.64 Å². The maximum absolute atomic E-state index is 14.2. The van der Waals surface area contributed by atoms with Gasteiger partial charge in [-0.3, -0.25) is 14.2 Å². The molecule has 0 saturated heterocycles. The van der Waals surface area contributed by atoms with Crippen molar-refractivity contribution in [1.29, 1.82) is 0 Å². The second-order valence-electron chi connectivity index (χ2n) is 8.67. The monoisotopic (exact) mass is 605 g/mol. The Bertz CT molecular complexity index is 1820. The first-order valence-electron chi connectivity index (χ1n) is 11.8. The average Bonchev–Trinajstić information content (AvgIpc) is 3.62. The number of ether oxygens (including phenoxy) is 1. The standard InChI is InChI=1S/C28H20BrN3O4S2/c1-3-36-27(35)21-22(15-8-5-4-6-9-15)30-28-32(23(21)19-10-7-13-37-19)26(34)24(38-28)20-17-14-16(29)11-12-18(17)31(2)25(20)33/h4-14,23H,3H2,1-2H3/b24-20-/t23-/m1/s1. The van der Waals surface area contributed by atoms with Crippen LogP contribution in [0.25, 0.3) is 11.3 Å². The van der Waals surface area contributed by atoms with Crippen molar-refractivity contribution in [2.24, 2.45) is 4.99 Å². The Labute approximate surface area is 233 Å². The lowest BCUT2D eigenvalue weighted by Crippen LogP contribution is -2.40. The second-order valence-corrected chi connectivity index (χ2v) is 11.5. The quantitative estimate of drug-likeness (QED) is 0.328. The summed E-state index contributed by atoms with van der Waals surface area (Å²) >= 11 is 6.10. The van der Waals surface area contributed by atoms with Crippen LogP contribution in [0, 0.1) is 0 Å². The minimum atomic E-state index is -0.744. The Kier molecular flexibility index (Phi) is 6.25. The Hall–Kier alpha value is -3.60. The maximum Gasteiger partial charge on any atom is 0.338 e. The van der Waals surface area contributed by atoms with Crippen LogP contribution >= 0.6 is 38.6 Å². The molecule has 190 valence electrons. The van der Waals surface area contributed by atoms with E-state index in [2.05, 4.69) is 15.9 Å². The number of benzene rings is 2. The van der Waals surface area contributed by atoms with Crippen LogP contribution in [-0.4, -0.2) is 30.1 Å². The van der Waals surface area contributed by atoms with Crippen LogP contribution < -0.4 is 19.8 Å². The number of aromatic nitrogens is 1. The highest BCUT2D eigenvalue weighted by Gasteiger charge is 2.38. The van der Waals surface area contributed by atoms with Crippen LogP contribution in [0.2, 0.25) is 0 Å². The number of hydrogen-bond acceptors (Lipinski definition) is 7. The Balaban J connectivity index is 1.72. The molecular formula is C28H20BrN3O4S2. The first-order chi connectivity index (χ1) is 18.4. The van der Waals surface area contributed by atoms with E-state index in [1.165, 1.54) is 15.9 Å². The van der Waals surface area contributed by atoms with Crippen LogP contribution in [0.5, 0.6) is 0 Å². The van der Waals surface area contributed by atoms with Crippen LogP contribution in [0.1, 0.15) is 29.0 Å². The van der Waals surface area contributed by atoms with Gasteiger partial charge in [0.2, 0.25) is 0 Å². The topological polar surface area (TPSA) is 81.0 Å². The molecular weight excluding hydrogens is 586 g/mol. The summed E-state index contributed by atoms with van der Waals surface area (Å²) in [6.45, 7) is 1.93. The summed E-state index contributed by atoms with van der Waals surface area (Å²) in [5.41, 5.74) is 2.86. The fourth-order valence-corrected chi connectivity index (χ4v) is 7.10. The third-order valence-electron chi connectivity index (χ3n) is 6.50. The molecule has 0 saturated carbocycles. The normalized spacial score (nSPS) is 17.8. The summed E-state index contributed by atoms with van der Waals surface area (Å²) in [6, 6.07) is 18.0. The zero-order valence-corrected chi connectivity index (χ0v) is 23.5. The molecule has 0 fully saturated rings. The molecule has 0 radical (unpaired) electrons. The van der Waals surface area contributed by atoms with E-state index in [-0.39, 0.29) is 22.6 Å². The fraction of sp³-hybridized carbons (Fsp3) is 0.143. The summed E-state index contributed by atoms with van der Waals surface area (Å²) in [7, 11) is 1.69. The third kappa shape index (κ3) is 3.82.